The lowest BCUT2D eigenvalue weighted by Crippen LogP contribution is -2.20. The van der Waals surface area contributed by atoms with Crippen LogP contribution in [0.15, 0.2) is 90.1 Å². The SMILES string of the molecule is COc1cc2ncnc(N(c3ccccc3)c3ccc(NC(=O)Nc4cccc(S(C)(=O)=O)c4)c(Cl)c3)c2c2c1OCCO2. The Morgan fingerprint density at radius 1 is 0.909 bits per heavy atom. The summed E-state index contributed by atoms with van der Waals surface area (Å²) in [4.78, 5) is 23.9. The zero-order valence-electron chi connectivity index (χ0n) is 23.6. The standard InChI is InChI=1S/C31H26ClN5O6S/c1-41-26-17-25-27(29-28(26)42-13-14-43-29)30(34-18-33-25)37(20-8-4-3-5-9-20)21-11-12-24(23(32)16-21)36-31(38)35-19-7-6-10-22(15-19)44(2,39)40/h3-12,15-18H,13-14H2,1-2H3,(H2,35,36,38). The zero-order valence-corrected chi connectivity index (χ0v) is 25.1. The van der Waals surface area contributed by atoms with E-state index in [1.807, 2.05) is 35.2 Å². The van der Waals surface area contributed by atoms with Crippen LogP contribution in [0, 0.1) is 0 Å². The first kappa shape index (κ1) is 29.0. The molecule has 13 heteroatoms. The first-order chi connectivity index (χ1) is 21.2. The van der Waals surface area contributed by atoms with Crippen LogP contribution in [0.5, 0.6) is 17.2 Å². The quantitative estimate of drug-likeness (QED) is 0.204. The van der Waals surface area contributed by atoms with E-state index in [-0.39, 0.29) is 9.92 Å². The number of methoxy groups -OCH3 is 1. The fraction of sp³-hybridized carbons (Fsp3) is 0.129. The number of rotatable bonds is 7. The zero-order chi connectivity index (χ0) is 30.8. The van der Waals surface area contributed by atoms with E-state index >= 15 is 0 Å². The number of carbonyl (C=O) groups is 1. The summed E-state index contributed by atoms with van der Waals surface area (Å²) in [6.07, 6.45) is 2.56. The van der Waals surface area contributed by atoms with Gasteiger partial charge in [-0.3, -0.25) is 4.90 Å². The maximum atomic E-state index is 12.8. The van der Waals surface area contributed by atoms with E-state index in [2.05, 4.69) is 20.6 Å². The van der Waals surface area contributed by atoms with E-state index < -0.39 is 15.9 Å². The number of ether oxygens (including phenoxy) is 3. The van der Waals surface area contributed by atoms with Crippen molar-refractivity contribution in [2.24, 2.45) is 0 Å². The van der Waals surface area contributed by atoms with Crippen molar-refractivity contribution in [2.45, 2.75) is 4.90 Å². The third-order valence-corrected chi connectivity index (χ3v) is 8.21. The summed E-state index contributed by atoms with van der Waals surface area (Å²) >= 11 is 6.71. The molecule has 0 fully saturated rings. The number of fused-ring (bicyclic) bond motifs is 3. The minimum atomic E-state index is -3.44. The topological polar surface area (TPSA) is 132 Å². The minimum Gasteiger partial charge on any atom is -0.493 e. The number of nitrogens with one attached hydrogen (secondary N) is 2. The van der Waals surface area contributed by atoms with Gasteiger partial charge in [0.25, 0.3) is 0 Å². The normalized spacial score (nSPS) is 12.4. The monoisotopic (exact) mass is 631 g/mol. The smallest absolute Gasteiger partial charge is 0.323 e. The number of amides is 2. The van der Waals surface area contributed by atoms with Crippen LogP contribution in [-0.2, 0) is 9.84 Å². The fourth-order valence-corrected chi connectivity index (χ4v) is 5.71. The average Bonchev–Trinajstić information content (AvgIpc) is 3.02. The predicted octanol–water partition coefficient (Wildman–Crippen LogP) is 6.58. The van der Waals surface area contributed by atoms with Crippen LogP contribution in [0.4, 0.5) is 33.4 Å². The van der Waals surface area contributed by atoms with Gasteiger partial charge < -0.3 is 24.8 Å². The molecule has 6 rings (SSSR count). The number of anilines is 5. The second-order valence-electron chi connectivity index (χ2n) is 9.74. The second-order valence-corrected chi connectivity index (χ2v) is 12.2. The van der Waals surface area contributed by atoms with Crippen LogP contribution in [0.1, 0.15) is 0 Å². The Bertz CT molecular complexity index is 1990. The fourth-order valence-electron chi connectivity index (χ4n) is 4.82. The van der Waals surface area contributed by atoms with Crippen molar-refractivity contribution in [3.05, 3.63) is 90.2 Å². The molecular formula is C31H26ClN5O6S. The second kappa shape index (κ2) is 11.9. The number of aromatic nitrogens is 2. The van der Waals surface area contributed by atoms with Crippen molar-refractivity contribution in [3.63, 3.8) is 0 Å². The van der Waals surface area contributed by atoms with E-state index in [1.165, 1.54) is 18.5 Å². The van der Waals surface area contributed by atoms with Gasteiger partial charge in [0.1, 0.15) is 19.5 Å². The highest BCUT2D eigenvalue weighted by Crippen LogP contribution is 2.49. The van der Waals surface area contributed by atoms with Gasteiger partial charge in [0, 0.05) is 29.4 Å². The summed E-state index contributed by atoms with van der Waals surface area (Å²) in [7, 11) is -1.88. The summed E-state index contributed by atoms with van der Waals surface area (Å²) in [6, 6.07) is 21.9. The van der Waals surface area contributed by atoms with Crippen molar-refractivity contribution >= 4 is 66.9 Å². The predicted molar refractivity (Wildman–Crippen MR) is 169 cm³/mol. The van der Waals surface area contributed by atoms with E-state index in [9.17, 15) is 13.2 Å². The van der Waals surface area contributed by atoms with Crippen molar-refractivity contribution in [1.82, 2.24) is 9.97 Å². The summed E-state index contributed by atoms with van der Waals surface area (Å²) in [5.41, 5.74) is 2.68. The number of halogens is 1. The van der Waals surface area contributed by atoms with Crippen LogP contribution >= 0.6 is 11.6 Å². The molecule has 2 N–H and O–H groups in total. The highest BCUT2D eigenvalue weighted by atomic mass is 35.5. The number of carbonyl (C=O) groups excluding carboxylic acids is 1. The van der Waals surface area contributed by atoms with Crippen molar-refractivity contribution < 1.29 is 27.4 Å². The molecule has 0 spiro atoms. The highest BCUT2D eigenvalue weighted by molar-refractivity contribution is 7.90. The Morgan fingerprint density at radius 2 is 1.68 bits per heavy atom. The summed E-state index contributed by atoms with van der Waals surface area (Å²) in [5.74, 6) is 1.97. The Balaban J connectivity index is 1.37. The van der Waals surface area contributed by atoms with Gasteiger partial charge in [0.2, 0.25) is 5.75 Å². The van der Waals surface area contributed by atoms with Crippen LogP contribution in [0.3, 0.4) is 0 Å². The molecule has 224 valence electrons. The first-order valence-electron chi connectivity index (χ1n) is 13.4. The number of sulfone groups is 1. The molecule has 0 aliphatic carbocycles. The Morgan fingerprint density at radius 3 is 2.41 bits per heavy atom. The van der Waals surface area contributed by atoms with Crippen LogP contribution in [0.25, 0.3) is 10.9 Å². The summed E-state index contributed by atoms with van der Waals surface area (Å²) < 4.78 is 41.3. The molecule has 1 aliphatic heterocycles. The molecule has 1 aliphatic rings. The third-order valence-electron chi connectivity index (χ3n) is 6.78. The summed E-state index contributed by atoms with van der Waals surface area (Å²) in [5, 5.41) is 6.24. The average molecular weight is 632 g/mol. The highest BCUT2D eigenvalue weighted by Gasteiger charge is 2.27. The van der Waals surface area contributed by atoms with E-state index in [0.717, 1.165) is 11.9 Å². The van der Waals surface area contributed by atoms with Gasteiger partial charge >= 0.3 is 6.03 Å². The molecule has 5 aromatic rings. The van der Waals surface area contributed by atoms with Gasteiger partial charge in [-0.1, -0.05) is 35.9 Å². The number of para-hydroxylation sites is 1. The third kappa shape index (κ3) is 5.77. The number of urea groups is 1. The van der Waals surface area contributed by atoms with Crippen LogP contribution < -0.4 is 29.7 Å². The molecule has 2 amide bonds. The van der Waals surface area contributed by atoms with Crippen molar-refractivity contribution in [3.8, 4) is 17.2 Å². The van der Waals surface area contributed by atoms with E-state index in [4.69, 9.17) is 25.8 Å². The first-order valence-corrected chi connectivity index (χ1v) is 15.6. The van der Waals surface area contributed by atoms with Gasteiger partial charge in [-0.05, 0) is 48.5 Å². The molecule has 0 radical (unpaired) electrons. The molecular weight excluding hydrogens is 606 g/mol. The number of nitrogens with zero attached hydrogens (tertiary/aromatic N) is 3. The maximum Gasteiger partial charge on any atom is 0.323 e. The molecule has 0 unspecified atom stereocenters. The van der Waals surface area contributed by atoms with Gasteiger partial charge in [-0.25, -0.2) is 23.2 Å². The largest absolute Gasteiger partial charge is 0.493 e. The molecule has 4 aromatic carbocycles. The van der Waals surface area contributed by atoms with Gasteiger partial charge in [-0.15, -0.1) is 0 Å². The molecule has 44 heavy (non-hydrogen) atoms. The number of hydrogen-bond donors (Lipinski definition) is 2. The van der Waals surface area contributed by atoms with Crippen LogP contribution in [0.2, 0.25) is 5.02 Å². The molecule has 0 atom stereocenters. The molecule has 0 saturated carbocycles. The molecule has 2 heterocycles. The number of benzene rings is 4. The lowest BCUT2D eigenvalue weighted by Gasteiger charge is -2.28. The van der Waals surface area contributed by atoms with Crippen molar-refractivity contribution in [2.75, 3.05) is 42.1 Å². The number of hydrogen-bond acceptors (Lipinski definition) is 9. The lowest BCUT2D eigenvalue weighted by atomic mass is 10.1. The molecule has 0 bridgehead atoms. The molecule has 11 nitrogen and oxygen atoms in total. The Kier molecular flexibility index (Phi) is 7.85. The Hall–Kier alpha value is -5.07. The van der Waals surface area contributed by atoms with Gasteiger partial charge in [-0.2, -0.15) is 0 Å². The van der Waals surface area contributed by atoms with E-state index in [0.29, 0.717) is 64.2 Å². The molecule has 0 saturated heterocycles. The van der Waals surface area contributed by atoms with Crippen LogP contribution in [-0.4, -0.2) is 51.0 Å². The van der Waals surface area contributed by atoms with Gasteiger partial charge in [0.15, 0.2) is 27.2 Å². The Labute approximate surface area is 258 Å². The minimum absolute atomic E-state index is 0.0904. The van der Waals surface area contributed by atoms with Gasteiger partial charge in [0.05, 0.1) is 33.6 Å². The van der Waals surface area contributed by atoms with E-state index in [1.54, 1.807) is 43.5 Å². The lowest BCUT2D eigenvalue weighted by molar-refractivity contribution is 0.167. The summed E-state index contributed by atoms with van der Waals surface area (Å²) in [6.45, 7) is 0.725. The maximum absolute atomic E-state index is 12.8. The van der Waals surface area contributed by atoms with Crippen molar-refractivity contribution in [1.29, 1.82) is 0 Å². The molecule has 1 aromatic heterocycles.